The lowest BCUT2D eigenvalue weighted by Gasteiger charge is -2.32. The molecule has 1 N–H and O–H groups in total. The van der Waals surface area contributed by atoms with Crippen LogP contribution in [0.2, 0.25) is 0 Å². The number of aromatic amines is 1. The second kappa shape index (κ2) is 7.29. The molecule has 6 heteroatoms. The number of H-pyrrole nitrogens is 1. The van der Waals surface area contributed by atoms with Crippen LogP contribution >= 0.6 is 11.3 Å². The summed E-state index contributed by atoms with van der Waals surface area (Å²) in [4.78, 5) is 27.7. The minimum Gasteiger partial charge on any atom is -0.306 e. The molecule has 4 rings (SSSR count). The molecule has 0 aromatic carbocycles. The molecule has 1 aliphatic rings. The van der Waals surface area contributed by atoms with Gasteiger partial charge in [0.2, 0.25) is 0 Å². The van der Waals surface area contributed by atoms with Crippen LogP contribution in [0.1, 0.15) is 29.3 Å². The Balaban J connectivity index is 1.56. The van der Waals surface area contributed by atoms with Gasteiger partial charge in [-0.25, -0.2) is 4.98 Å². The third kappa shape index (κ3) is 3.86. The van der Waals surface area contributed by atoms with E-state index in [1.54, 1.807) is 29.8 Å². The Hall–Kier alpha value is -2.31. The lowest BCUT2D eigenvalue weighted by atomic mass is 9.94. The number of nitrogens with one attached hydrogen (secondary N) is 1. The highest BCUT2D eigenvalue weighted by molar-refractivity contribution is 7.09. The van der Waals surface area contributed by atoms with Gasteiger partial charge >= 0.3 is 0 Å². The lowest BCUT2D eigenvalue weighted by Crippen LogP contribution is -2.34. The molecule has 0 aliphatic carbocycles. The van der Waals surface area contributed by atoms with Gasteiger partial charge < -0.3 is 4.98 Å². The number of thiophene rings is 1. The summed E-state index contributed by atoms with van der Waals surface area (Å²) in [6.07, 6.45) is 5.65. The lowest BCUT2D eigenvalue weighted by molar-refractivity contribution is 0.200. The van der Waals surface area contributed by atoms with Crippen molar-refractivity contribution in [3.63, 3.8) is 0 Å². The van der Waals surface area contributed by atoms with Crippen LogP contribution in [0.15, 0.2) is 52.9 Å². The molecule has 5 nitrogen and oxygen atoms in total. The molecule has 0 bridgehead atoms. The van der Waals surface area contributed by atoms with Gasteiger partial charge in [0.05, 0.1) is 5.69 Å². The maximum atomic E-state index is 12.1. The fraction of sp³-hybridized carbons (Fsp3) is 0.316. The number of nitrogens with zero attached hydrogens (tertiary/aromatic N) is 3. The number of likely N-dealkylation sites (tertiary alicyclic amines) is 1. The molecular weight excluding hydrogens is 332 g/mol. The Morgan fingerprint density at radius 1 is 1.32 bits per heavy atom. The fourth-order valence-corrected chi connectivity index (χ4v) is 4.13. The second-order valence-electron chi connectivity index (χ2n) is 6.41. The van der Waals surface area contributed by atoms with Gasteiger partial charge in [0.15, 0.2) is 0 Å². The topological polar surface area (TPSA) is 61.9 Å². The van der Waals surface area contributed by atoms with Crippen molar-refractivity contribution in [1.82, 2.24) is 19.9 Å². The van der Waals surface area contributed by atoms with Crippen LogP contribution in [0, 0.1) is 0 Å². The quantitative estimate of drug-likeness (QED) is 0.783. The van der Waals surface area contributed by atoms with Gasteiger partial charge in [-0.1, -0.05) is 6.07 Å². The molecule has 0 unspecified atom stereocenters. The van der Waals surface area contributed by atoms with E-state index in [-0.39, 0.29) is 5.56 Å². The van der Waals surface area contributed by atoms with Crippen molar-refractivity contribution < 1.29 is 0 Å². The van der Waals surface area contributed by atoms with Crippen LogP contribution in [0.25, 0.3) is 11.4 Å². The normalized spacial score (nSPS) is 18.3. The molecule has 0 amide bonds. The Morgan fingerprint density at radius 3 is 3.08 bits per heavy atom. The maximum Gasteiger partial charge on any atom is 0.251 e. The van der Waals surface area contributed by atoms with E-state index in [0.29, 0.717) is 11.7 Å². The molecular formula is C19H20N4OS. The van der Waals surface area contributed by atoms with E-state index in [1.165, 1.54) is 4.88 Å². The van der Waals surface area contributed by atoms with Gasteiger partial charge in [0, 0.05) is 47.9 Å². The van der Waals surface area contributed by atoms with E-state index >= 15 is 0 Å². The Bertz CT molecular complexity index is 876. The molecule has 1 atom stereocenters. The van der Waals surface area contributed by atoms with E-state index in [1.807, 2.05) is 12.1 Å². The van der Waals surface area contributed by atoms with Crippen LogP contribution in [-0.4, -0.2) is 32.9 Å². The average Bonchev–Trinajstić information content (AvgIpc) is 3.15. The Labute approximate surface area is 150 Å². The highest BCUT2D eigenvalue weighted by atomic mass is 32.1. The Kier molecular flexibility index (Phi) is 4.72. The van der Waals surface area contributed by atoms with E-state index in [9.17, 15) is 4.79 Å². The van der Waals surface area contributed by atoms with Gasteiger partial charge in [-0.15, -0.1) is 11.3 Å². The zero-order chi connectivity index (χ0) is 17.1. The molecule has 1 saturated heterocycles. The highest BCUT2D eigenvalue weighted by Gasteiger charge is 2.23. The predicted octanol–water partition coefficient (Wildman–Crippen LogP) is 3.27. The summed E-state index contributed by atoms with van der Waals surface area (Å²) in [7, 11) is 0. The molecule has 0 radical (unpaired) electrons. The van der Waals surface area contributed by atoms with Gasteiger partial charge in [-0.3, -0.25) is 14.7 Å². The fourth-order valence-electron chi connectivity index (χ4n) is 3.39. The zero-order valence-electron chi connectivity index (χ0n) is 13.9. The summed E-state index contributed by atoms with van der Waals surface area (Å²) in [6.45, 7) is 3.03. The van der Waals surface area contributed by atoms with Crippen molar-refractivity contribution in [3.05, 3.63) is 69.0 Å². The number of hydrogen-bond acceptors (Lipinski definition) is 5. The van der Waals surface area contributed by atoms with Crippen LogP contribution in [0.3, 0.4) is 0 Å². The van der Waals surface area contributed by atoms with Crippen molar-refractivity contribution in [2.24, 2.45) is 0 Å². The van der Waals surface area contributed by atoms with Crippen molar-refractivity contribution in [2.75, 3.05) is 13.1 Å². The zero-order valence-corrected chi connectivity index (χ0v) is 14.7. The average molecular weight is 352 g/mol. The molecule has 0 saturated carbocycles. The van der Waals surface area contributed by atoms with Crippen molar-refractivity contribution in [3.8, 4) is 11.4 Å². The molecule has 0 spiro atoms. The first-order valence-corrected chi connectivity index (χ1v) is 9.42. The van der Waals surface area contributed by atoms with Crippen LogP contribution < -0.4 is 5.56 Å². The standard InChI is InChI=1S/C19H20N4OS/c24-18-10-17(21-19(22-18)14-4-1-7-20-11-14)15-5-2-8-23(12-15)13-16-6-3-9-25-16/h1,3-4,6-7,9-11,15H,2,5,8,12-13H2,(H,21,22,24)/t15-/m1/s1. The smallest absolute Gasteiger partial charge is 0.251 e. The second-order valence-corrected chi connectivity index (χ2v) is 7.45. The first-order valence-electron chi connectivity index (χ1n) is 8.54. The number of pyridine rings is 1. The molecule has 3 aromatic rings. The summed E-state index contributed by atoms with van der Waals surface area (Å²) in [6, 6.07) is 9.70. The SMILES string of the molecule is O=c1cc([C@@H]2CCCN(Cc3cccs3)C2)nc(-c2cccnc2)[nH]1. The van der Waals surface area contributed by atoms with Crippen molar-refractivity contribution >= 4 is 11.3 Å². The Morgan fingerprint density at radius 2 is 2.28 bits per heavy atom. The third-order valence-corrected chi connectivity index (χ3v) is 5.44. The summed E-state index contributed by atoms with van der Waals surface area (Å²) in [5.41, 5.74) is 1.63. The molecule has 3 aromatic heterocycles. The summed E-state index contributed by atoms with van der Waals surface area (Å²) >= 11 is 1.80. The van der Waals surface area contributed by atoms with E-state index in [0.717, 1.165) is 43.7 Å². The van der Waals surface area contributed by atoms with Gasteiger partial charge in [0.1, 0.15) is 5.82 Å². The number of aromatic nitrogens is 3. The minimum atomic E-state index is -0.0979. The van der Waals surface area contributed by atoms with Gasteiger partial charge in [0.25, 0.3) is 5.56 Å². The largest absolute Gasteiger partial charge is 0.306 e. The van der Waals surface area contributed by atoms with Gasteiger partial charge in [-0.2, -0.15) is 0 Å². The van der Waals surface area contributed by atoms with Crippen LogP contribution in [0.4, 0.5) is 0 Å². The number of piperidine rings is 1. The maximum absolute atomic E-state index is 12.1. The van der Waals surface area contributed by atoms with Gasteiger partial charge in [-0.05, 0) is 43.0 Å². The molecule has 25 heavy (non-hydrogen) atoms. The summed E-state index contributed by atoms with van der Waals surface area (Å²) in [5, 5.41) is 2.12. The molecule has 1 fully saturated rings. The molecule has 1 aliphatic heterocycles. The molecule has 4 heterocycles. The number of rotatable bonds is 4. The van der Waals surface area contributed by atoms with E-state index in [2.05, 4.69) is 32.4 Å². The first kappa shape index (κ1) is 16.2. The van der Waals surface area contributed by atoms with Crippen LogP contribution in [0.5, 0.6) is 0 Å². The monoisotopic (exact) mass is 352 g/mol. The first-order chi connectivity index (χ1) is 12.3. The molecule has 128 valence electrons. The third-order valence-electron chi connectivity index (χ3n) is 4.58. The predicted molar refractivity (Wildman–Crippen MR) is 99.7 cm³/mol. The summed E-state index contributed by atoms with van der Waals surface area (Å²) in [5.74, 6) is 0.900. The van der Waals surface area contributed by atoms with E-state index in [4.69, 9.17) is 4.98 Å². The van der Waals surface area contributed by atoms with E-state index < -0.39 is 0 Å². The van der Waals surface area contributed by atoms with Crippen molar-refractivity contribution in [2.45, 2.75) is 25.3 Å². The highest BCUT2D eigenvalue weighted by Crippen LogP contribution is 2.27. The van der Waals surface area contributed by atoms with Crippen molar-refractivity contribution in [1.29, 1.82) is 0 Å². The summed E-state index contributed by atoms with van der Waals surface area (Å²) < 4.78 is 0. The number of hydrogen-bond donors (Lipinski definition) is 1. The minimum absolute atomic E-state index is 0.0979. The van der Waals surface area contributed by atoms with Crippen LogP contribution in [-0.2, 0) is 6.54 Å².